The lowest BCUT2D eigenvalue weighted by molar-refractivity contribution is -0.167. The van der Waals surface area contributed by atoms with E-state index < -0.39 is 6.10 Å². The van der Waals surface area contributed by atoms with E-state index in [-0.39, 0.29) is 44.0 Å². The highest BCUT2D eigenvalue weighted by molar-refractivity contribution is 5.71. The Balaban J connectivity index is 4.52. The minimum atomic E-state index is -0.818. The molecule has 0 aromatic rings. The molecule has 0 saturated heterocycles. The van der Waals surface area contributed by atoms with Gasteiger partial charge in [-0.1, -0.05) is 254 Å². The van der Waals surface area contributed by atoms with Gasteiger partial charge in [0.25, 0.3) is 0 Å². The van der Waals surface area contributed by atoms with Crippen LogP contribution in [0.2, 0.25) is 0 Å². The van der Waals surface area contributed by atoms with Crippen LogP contribution in [0.15, 0.2) is 85.1 Å². The first-order valence-corrected chi connectivity index (χ1v) is 29.1. The summed E-state index contributed by atoms with van der Waals surface area (Å²) in [7, 11) is 0. The molecule has 0 aliphatic carbocycles. The predicted molar refractivity (Wildman–Crippen MR) is 297 cm³/mol. The molecule has 0 spiro atoms. The fraction of sp³-hybridized carbons (Fsp3) is 0.730. The molecule has 0 rings (SSSR count). The molecule has 6 heteroatoms. The quantitative estimate of drug-likeness (QED) is 0.0262. The van der Waals surface area contributed by atoms with Crippen LogP contribution < -0.4 is 0 Å². The molecule has 0 fully saturated rings. The van der Waals surface area contributed by atoms with Gasteiger partial charge >= 0.3 is 17.9 Å². The van der Waals surface area contributed by atoms with E-state index in [2.05, 4.69) is 106 Å². The molecular weight excluding hydrogens is 853 g/mol. The fourth-order valence-corrected chi connectivity index (χ4v) is 7.98. The molecule has 0 aliphatic heterocycles. The van der Waals surface area contributed by atoms with Crippen molar-refractivity contribution in [1.29, 1.82) is 0 Å². The van der Waals surface area contributed by atoms with Crippen molar-refractivity contribution in [2.45, 2.75) is 284 Å². The molecule has 0 aromatic carbocycles. The number of hydrogen-bond acceptors (Lipinski definition) is 6. The van der Waals surface area contributed by atoms with Crippen LogP contribution in [0.5, 0.6) is 0 Å². The summed E-state index contributed by atoms with van der Waals surface area (Å²) >= 11 is 0. The Kier molecular flexibility index (Phi) is 54.3. The molecule has 69 heavy (non-hydrogen) atoms. The molecule has 0 heterocycles. The van der Waals surface area contributed by atoms with E-state index in [0.29, 0.717) is 19.3 Å². The molecule has 0 unspecified atom stereocenters. The minimum absolute atomic E-state index is 0.118. The Bertz CT molecular complexity index is 1330. The summed E-state index contributed by atoms with van der Waals surface area (Å²) in [5.74, 6) is -1.01. The van der Waals surface area contributed by atoms with Gasteiger partial charge in [0.05, 0.1) is 0 Å². The van der Waals surface area contributed by atoms with E-state index in [1.807, 2.05) is 0 Å². The van der Waals surface area contributed by atoms with Gasteiger partial charge in [-0.3, -0.25) is 14.4 Å². The van der Waals surface area contributed by atoms with Gasteiger partial charge in [0.2, 0.25) is 0 Å². The van der Waals surface area contributed by atoms with Crippen molar-refractivity contribution in [2.75, 3.05) is 13.2 Å². The maximum absolute atomic E-state index is 12.9. The average Bonchev–Trinajstić information content (AvgIpc) is 3.35. The molecule has 0 bridgehead atoms. The molecular formula is C63H108O6. The highest BCUT2D eigenvalue weighted by atomic mass is 16.6. The molecule has 0 aliphatic rings. The Morgan fingerprint density at radius 1 is 0.290 bits per heavy atom. The number of allylic oxidation sites excluding steroid dienone is 14. The van der Waals surface area contributed by atoms with E-state index in [1.54, 1.807) is 0 Å². The van der Waals surface area contributed by atoms with Gasteiger partial charge < -0.3 is 14.2 Å². The van der Waals surface area contributed by atoms with Crippen molar-refractivity contribution in [2.24, 2.45) is 0 Å². The largest absolute Gasteiger partial charge is 0.462 e. The predicted octanol–water partition coefficient (Wildman–Crippen LogP) is 19.5. The number of hydrogen-bond donors (Lipinski definition) is 0. The van der Waals surface area contributed by atoms with Crippen molar-refractivity contribution >= 4 is 17.9 Å². The van der Waals surface area contributed by atoms with Crippen LogP contribution in [0.1, 0.15) is 278 Å². The number of rotatable bonds is 52. The van der Waals surface area contributed by atoms with Crippen LogP contribution in [0, 0.1) is 0 Å². The third-order valence-corrected chi connectivity index (χ3v) is 12.4. The summed E-state index contributed by atoms with van der Waals surface area (Å²) in [6.07, 6.45) is 74.4. The lowest BCUT2D eigenvalue weighted by atomic mass is 10.0. The van der Waals surface area contributed by atoms with E-state index in [1.165, 1.54) is 161 Å². The number of unbranched alkanes of at least 4 members (excludes halogenated alkanes) is 27. The Morgan fingerprint density at radius 2 is 0.536 bits per heavy atom. The molecule has 0 amide bonds. The zero-order valence-corrected chi connectivity index (χ0v) is 45.3. The molecule has 396 valence electrons. The molecule has 0 radical (unpaired) electrons. The zero-order valence-electron chi connectivity index (χ0n) is 45.3. The lowest BCUT2D eigenvalue weighted by Crippen LogP contribution is -2.30. The smallest absolute Gasteiger partial charge is 0.306 e. The average molecular weight is 962 g/mol. The second kappa shape index (κ2) is 57.2. The van der Waals surface area contributed by atoms with E-state index in [4.69, 9.17) is 14.2 Å². The highest BCUT2D eigenvalue weighted by Crippen LogP contribution is 2.15. The summed E-state index contributed by atoms with van der Waals surface area (Å²) in [5.41, 5.74) is 0. The third kappa shape index (κ3) is 55.4. The molecule has 0 N–H and O–H groups in total. The van der Waals surface area contributed by atoms with Crippen molar-refractivity contribution in [3.63, 3.8) is 0 Å². The number of ether oxygens (including phenoxy) is 3. The summed E-state index contributed by atoms with van der Waals surface area (Å²) in [6, 6.07) is 0. The lowest BCUT2D eigenvalue weighted by Gasteiger charge is -2.18. The highest BCUT2D eigenvalue weighted by Gasteiger charge is 2.19. The molecule has 0 saturated carbocycles. The van der Waals surface area contributed by atoms with Crippen LogP contribution in [0.4, 0.5) is 0 Å². The van der Waals surface area contributed by atoms with Crippen molar-refractivity contribution in [1.82, 2.24) is 0 Å². The minimum Gasteiger partial charge on any atom is -0.462 e. The summed E-state index contributed by atoms with van der Waals surface area (Å²) in [6.45, 7) is 6.53. The number of carbonyl (C=O) groups excluding carboxylic acids is 3. The van der Waals surface area contributed by atoms with Crippen molar-refractivity contribution in [3.05, 3.63) is 85.1 Å². The van der Waals surface area contributed by atoms with Crippen molar-refractivity contribution in [3.8, 4) is 0 Å². The van der Waals surface area contributed by atoms with E-state index in [0.717, 1.165) is 64.2 Å². The van der Waals surface area contributed by atoms with Crippen LogP contribution in [-0.2, 0) is 28.6 Å². The number of carbonyl (C=O) groups is 3. The van der Waals surface area contributed by atoms with Crippen LogP contribution >= 0.6 is 0 Å². The second-order valence-electron chi connectivity index (χ2n) is 19.2. The molecule has 0 aromatic heterocycles. The molecule has 1 atom stereocenters. The monoisotopic (exact) mass is 961 g/mol. The van der Waals surface area contributed by atoms with Crippen LogP contribution in [0.3, 0.4) is 0 Å². The topological polar surface area (TPSA) is 78.9 Å². The fourth-order valence-electron chi connectivity index (χ4n) is 7.98. The third-order valence-electron chi connectivity index (χ3n) is 12.4. The first-order valence-electron chi connectivity index (χ1n) is 29.1. The SMILES string of the molecule is CCCCC/C=C\C/C=C\C/C=C\C/C=C\CCCC(=O)OC[C@H](COC(=O)CCC/C=C\C/C=C\C/C=C\CCCCCCCC)OC(=O)CCCCCCCCCCCCCCCCCCC. The van der Waals surface area contributed by atoms with Gasteiger partial charge in [0.1, 0.15) is 13.2 Å². The maximum atomic E-state index is 12.9. The first-order chi connectivity index (χ1) is 34.0. The van der Waals surface area contributed by atoms with E-state index >= 15 is 0 Å². The van der Waals surface area contributed by atoms with Gasteiger partial charge in [-0.2, -0.15) is 0 Å². The van der Waals surface area contributed by atoms with Gasteiger partial charge in [-0.05, 0) is 89.9 Å². The number of esters is 3. The van der Waals surface area contributed by atoms with Gasteiger partial charge in [-0.25, -0.2) is 0 Å². The summed E-state index contributed by atoms with van der Waals surface area (Å²) in [5, 5.41) is 0. The van der Waals surface area contributed by atoms with Gasteiger partial charge in [-0.15, -0.1) is 0 Å². The Morgan fingerprint density at radius 3 is 0.884 bits per heavy atom. The van der Waals surface area contributed by atoms with E-state index in [9.17, 15) is 14.4 Å². The van der Waals surface area contributed by atoms with Crippen LogP contribution in [0.25, 0.3) is 0 Å². The first kappa shape index (κ1) is 65.6. The van der Waals surface area contributed by atoms with Gasteiger partial charge in [0, 0.05) is 19.3 Å². The maximum Gasteiger partial charge on any atom is 0.306 e. The zero-order chi connectivity index (χ0) is 50.0. The Hall–Kier alpha value is -3.41. The van der Waals surface area contributed by atoms with Gasteiger partial charge in [0.15, 0.2) is 6.10 Å². The van der Waals surface area contributed by atoms with Crippen molar-refractivity contribution < 1.29 is 28.6 Å². The summed E-state index contributed by atoms with van der Waals surface area (Å²) in [4.78, 5) is 38.1. The Labute approximate surface area is 426 Å². The second-order valence-corrected chi connectivity index (χ2v) is 19.2. The van der Waals surface area contributed by atoms with Crippen LogP contribution in [-0.4, -0.2) is 37.2 Å². The standard InChI is InChI=1S/C63H108O6/c1-4-7-10-13-16-19-22-25-28-31-34-37-40-43-46-49-52-55-61(64)67-58-60(69-63(66)57-54-51-48-45-42-39-36-33-30-27-24-21-18-15-12-9-6-3)59-68-62(65)56-53-50-47-44-41-38-35-32-29-26-23-20-17-14-11-8-5-2/h16,19,25-26,28-29,34-35,37-38,43-44,46-47,60H,4-15,17-18,20-24,27,30-33,36,39-42,45,48-59H2,1-3H3/b19-16-,28-25-,29-26-,37-34-,38-35-,46-43-,47-44-/t60-/m1/s1. The molecule has 6 nitrogen and oxygen atoms in total. The summed E-state index contributed by atoms with van der Waals surface area (Å²) < 4.78 is 16.8. The normalized spacial score (nSPS) is 12.7.